The highest BCUT2D eigenvalue weighted by Crippen LogP contribution is 2.23. The second kappa shape index (κ2) is 6.88. The largest absolute Gasteiger partial charge is 0.443 e. The number of carbonyl (C=O) groups is 1. The summed E-state index contributed by atoms with van der Waals surface area (Å²) in [6.45, 7) is 2.11. The molecule has 1 unspecified atom stereocenters. The second-order valence-corrected chi connectivity index (χ2v) is 5.48. The zero-order chi connectivity index (χ0) is 13.1. The number of amides is 1. The van der Waals surface area contributed by atoms with Gasteiger partial charge in [-0.2, -0.15) is 0 Å². The Morgan fingerprint density at radius 1 is 1.60 bits per heavy atom. The van der Waals surface area contributed by atoms with Gasteiger partial charge >= 0.3 is 0 Å². The molecule has 2 N–H and O–H groups in total. The maximum Gasteiger partial charge on any atom is 0.236 e. The Morgan fingerprint density at radius 3 is 3.20 bits per heavy atom. The van der Waals surface area contributed by atoms with Gasteiger partial charge in [0, 0.05) is 6.54 Å². The molecular weight excluding hydrogens is 298 g/mol. The lowest BCUT2D eigenvalue weighted by molar-refractivity contribution is -0.124. The molecular formula is C13H16ClN3O2S. The third kappa shape index (κ3) is 3.39. The van der Waals surface area contributed by atoms with E-state index in [0.29, 0.717) is 12.4 Å². The van der Waals surface area contributed by atoms with Gasteiger partial charge < -0.3 is 15.1 Å². The molecule has 1 atom stereocenters. The second-order valence-electron chi connectivity index (χ2n) is 4.53. The van der Waals surface area contributed by atoms with Crippen LogP contribution < -0.4 is 10.6 Å². The van der Waals surface area contributed by atoms with Crippen molar-refractivity contribution >= 4 is 29.7 Å². The minimum absolute atomic E-state index is 0. The molecule has 1 amide bonds. The van der Waals surface area contributed by atoms with E-state index in [2.05, 4.69) is 15.6 Å². The molecule has 108 valence electrons. The van der Waals surface area contributed by atoms with Crippen LogP contribution in [0.25, 0.3) is 10.8 Å². The van der Waals surface area contributed by atoms with Crippen LogP contribution in [0, 0.1) is 5.92 Å². The molecule has 1 aliphatic heterocycles. The molecule has 0 bridgehead atoms. The standard InChI is InChI=1S/C13H15N3O2S.ClH/c17-12(9-3-4-14-6-9)15-7-10-8-18-13(16-10)11-2-1-5-19-11;/h1-2,5,8-9,14H,3-4,6-7H2,(H,15,17);1H. The fourth-order valence-corrected chi connectivity index (χ4v) is 2.76. The van der Waals surface area contributed by atoms with E-state index in [4.69, 9.17) is 4.42 Å². The predicted octanol–water partition coefficient (Wildman–Crippen LogP) is 2.05. The monoisotopic (exact) mass is 313 g/mol. The third-order valence-corrected chi connectivity index (χ3v) is 4.02. The van der Waals surface area contributed by atoms with Gasteiger partial charge in [-0.3, -0.25) is 4.79 Å². The molecule has 0 spiro atoms. The van der Waals surface area contributed by atoms with Gasteiger partial charge in [0.25, 0.3) is 0 Å². The number of nitrogens with one attached hydrogen (secondary N) is 2. The van der Waals surface area contributed by atoms with Gasteiger partial charge in [-0.05, 0) is 24.4 Å². The first-order valence-electron chi connectivity index (χ1n) is 6.29. The van der Waals surface area contributed by atoms with E-state index in [-0.39, 0.29) is 24.2 Å². The number of hydrogen-bond acceptors (Lipinski definition) is 5. The number of rotatable bonds is 4. The molecule has 3 heterocycles. The summed E-state index contributed by atoms with van der Waals surface area (Å²) in [5.74, 6) is 0.788. The Kier molecular flexibility index (Phi) is 5.17. The van der Waals surface area contributed by atoms with Gasteiger partial charge in [0.2, 0.25) is 11.8 Å². The Bertz CT molecular complexity index is 550. The fourth-order valence-electron chi connectivity index (χ4n) is 2.10. The molecule has 7 heteroatoms. The molecule has 3 rings (SSSR count). The lowest BCUT2D eigenvalue weighted by Gasteiger charge is -2.07. The molecule has 1 saturated heterocycles. The lowest BCUT2D eigenvalue weighted by atomic mass is 10.1. The van der Waals surface area contributed by atoms with Crippen molar-refractivity contribution in [1.82, 2.24) is 15.6 Å². The average molecular weight is 314 g/mol. The Morgan fingerprint density at radius 2 is 2.50 bits per heavy atom. The van der Waals surface area contributed by atoms with Gasteiger partial charge in [-0.1, -0.05) is 6.07 Å². The zero-order valence-electron chi connectivity index (χ0n) is 10.8. The SMILES string of the molecule is Cl.O=C(NCc1coc(-c2cccs2)n1)C1CCNC1. The fraction of sp³-hybridized carbons (Fsp3) is 0.385. The van der Waals surface area contributed by atoms with Crippen LogP contribution in [0.3, 0.4) is 0 Å². The van der Waals surface area contributed by atoms with Crippen molar-refractivity contribution in [3.63, 3.8) is 0 Å². The number of aromatic nitrogens is 1. The summed E-state index contributed by atoms with van der Waals surface area (Å²) < 4.78 is 5.40. The van der Waals surface area contributed by atoms with Gasteiger partial charge in [0.05, 0.1) is 23.0 Å². The smallest absolute Gasteiger partial charge is 0.236 e. The normalized spacial score (nSPS) is 17.7. The van der Waals surface area contributed by atoms with Gasteiger partial charge in [-0.25, -0.2) is 4.98 Å². The summed E-state index contributed by atoms with van der Waals surface area (Å²) in [5, 5.41) is 8.06. The van der Waals surface area contributed by atoms with Crippen LogP contribution >= 0.6 is 23.7 Å². The minimum Gasteiger partial charge on any atom is -0.443 e. The first kappa shape index (κ1) is 15.0. The number of oxazole rings is 1. The highest BCUT2D eigenvalue weighted by molar-refractivity contribution is 7.13. The van der Waals surface area contributed by atoms with Gasteiger partial charge in [-0.15, -0.1) is 23.7 Å². The predicted molar refractivity (Wildman–Crippen MR) is 79.9 cm³/mol. The van der Waals surface area contributed by atoms with Crippen molar-refractivity contribution in [2.45, 2.75) is 13.0 Å². The molecule has 2 aromatic rings. The highest BCUT2D eigenvalue weighted by Gasteiger charge is 2.22. The van der Waals surface area contributed by atoms with Crippen molar-refractivity contribution in [2.24, 2.45) is 5.92 Å². The van der Waals surface area contributed by atoms with Crippen molar-refractivity contribution in [3.05, 3.63) is 29.5 Å². The molecule has 0 saturated carbocycles. The molecule has 2 aromatic heterocycles. The quantitative estimate of drug-likeness (QED) is 0.906. The van der Waals surface area contributed by atoms with Gasteiger partial charge in [0.15, 0.2) is 0 Å². The maximum absolute atomic E-state index is 11.8. The summed E-state index contributed by atoms with van der Waals surface area (Å²) >= 11 is 1.58. The van der Waals surface area contributed by atoms with Crippen LogP contribution in [0.15, 0.2) is 28.2 Å². The van der Waals surface area contributed by atoms with E-state index < -0.39 is 0 Å². The van der Waals surface area contributed by atoms with E-state index in [1.807, 2.05) is 17.5 Å². The zero-order valence-corrected chi connectivity index (χ0v) is 12.4. The van der Waals surface area contributed by atoms with E-state index in [1.54, 1.807) is 17.6 Å². The summed E-state index contributed by atoms with van der Waals surface area (Å²) in [7, 11) is 0. The number of thiophene rings is 1. The van der Waals surface area contributed by atoms with Crippen LogP contribution in [-0.4, -0.2) is 24.0 Å². The minimum atomic E-state index is 0. The number of halogens is 1. The first-order chi connectivity index (χ1) is 9.33. The van der Waals surface area contributed by atoms with Crippen LogP contribution in [0.2, 0.25) is 0 Å². The maximum atomic E-state index is 11.8. The topological polar surface area (TPSA) is 67.2 Å². The molecule has 0 aliphatic carbocycles. The Balaban J connectivity index is 0.00000147. The summed E-state index contributed by atoms with van der Waals surface area (Å²) in [5.41, 5.74) is 0.753. The van der Waals surface area contributed by atoms with Crippen molar-refractivity contribution < 1.29 is 9.21 Å². The van der Waals surface area contributed by atoms with E-state index in [9.17, 15) is 4.79 Å². The summed E-state index contributed by atoms with van der Waals surface area (Å²) in [4.78, 5) is 17.2. The highest BCUT2D eigenvalue weighted by atomic mass is 35.5. The van der Waals surface area contributed by atoms with Crippen LogP contribution in [0.5, 0.6) is 0 Å². The lowest BCUT2D eigenvalue weighted by Crippen LogP contribution is -2.31. The van der Waals surface area contributed by atoms with Crippen molar-refractivity contribution in [2.75, 3.05) is 13.1 Å². The third-order valence-electron chi connectivity index (χ3n) is 3.16. The Labute approximate surface area is 127 Å². The van der Waals surface area contributed by atoms with Gasteiger partial charge in [0.1, 0.15) is 6.26 Å². The molecule has 1 fully saturated rings. The number of nitrogens with zero attached hydrogens (tertiary/aromatic N) is 1. The van der Waals surface area contributed by atoms with E-state index in [0.717, 1.165) is 30.1 Å². The Hall–Kier alpha value is -1.37. The molecule has 20 heavy (non-hydrogen) atoms. The summed E-state index contributed by atoms with van der Waals surface area (Å²) in [6, 6.07) is 3.92. The van der Waals surface area contributed by atoms with E-state index in [1.165, 1.54) is 0 Å². The molecule has 5 nitrogen and oxygen atoms in total. The first-order valence-corrected chi connectivity index (χ1v) is 7.17. The summed E-state index contributed by atoms with van der Waals surface area (Å²) in [6.07, 6.45) is 2.51. The number of carbonyl (C=O) groups excluding carboxylic acids is 1. The molecule has 0 radical (unpaired) electrons. The average Bonchev–Trinajstić information content (AvgIpc) is 3.14. The van der Waals surface area contributed by atoms with Crippen LogP contribution in [-0.2, 0) is 11.3 Å². The van der Waals surface area contributed by atoms with Crippen LogP contribution in [0.1, 0.15) is 12.1 Å². The molecule has 1 aliphatic rings. The molecule has 0 aromatic carbocycles. The van der Waals surface area contributed by atoms with E-state index >= 15 is 0 Å². The number of hydrogen-bond donors (Lipinski definition) is 2. The van der Waals surface area contributed by atoms with Crippen LogP contribution in [0.4, 0.5) is 0 Å². The van der Waals surface area contributed by atoms with Crippen molar-refractivity contribution in [3.8, 4) is 10.8 Å². The van der Waals surface area contributed by atoms with Crippen molar-refractivity contribution in [1.29, 1.82) is 0 Å².